The molecule has 0 atom stereocenters. The molecule has 5 rings (SSSR count). The quantitative estimate of drug-likeness (QED) is 0.292. The normalized spacial score (nSPS) is 10.7. The lowest BCUT2D eigenvalue weighted by Crippen LogP contribution is -2.14. The maximum absolute atomic E-state index is 12.3. The van der Waals surface area contributed by atoms with Crippen molar-refractivity contribution in [2.75, 3.05) is 11.1 Å². The van der Waals surface area contributed by atoms with Crippen molar-refractivity contribution in [2.45, 2.75) is 5.16 Å². The van der Waals surface area contributed by atoms with E-state index in [4.69, 9.17) is 0 Å². The zero-order chi connectivity index (χ0) is 23.2. The van der Waals surface area contributed by atoms with E-state index in [2.05, 4.69) is 60.8 Å². The molecular formula is C26H24N6OS. The van der Waals surface area contributed by atoms with Crippen LogP contribution < -0.4 is 5.32 Å². The van der Waals surface area contributed by atoms with Crippen LogP contribution in [0.5, 0.6) is 0 Å². The molecular weight excluding hydrogens is 444 g/mol. The zero-order valence-corrected chi connectivity index (χ0v) is 18.9. The van der Waals surface area contributed by atoms with E-state index in [1.54, 1.807) is 12.4 Å². The molecule has 2 aromatic carbocycles. The van der Waals surface area contributed by atoms with Crippen molar-refractivity contribution in [2.24, 2.45) is 0 Å². The van der Waals surface area contributed by atoms with Gasteiger partial charge in [-0.25, -0.2) is 4.98 Å². The summed E-state index contributed by atoms with van der Waals surface area (Å²) in [5, 5.41) is 10.0. The van der Waals surface area contributed by atoms with E-state index in [9.17, 15) is 4.79 Å². The van der Waals surface area contributed by atoms with Crippen molar-refractivity contribution in [3.63, 3.8) is 0 Å². The summed E-state index contributed by atoms with van der Waals surface area (Å²) in [5.41, 5.74) is 7.09. The first-order valence-corrected chi connectivity index (χ1v) is 11.6. The lowest BCUT2D eigenvalue weighted by Gasteiger charge is -2.12. The second kappa shape index (κ2) is 10.1. The number of hydrogen-bond acceptors (Lipinski definition) is 6. The average molecular weight is 469 g/mol. The summed E-state index contributed by atoms with van der Waals surface area (Å²) < 4.78 is 0. The van der Waals surface area contributed by atoms with Crippen LogP contribution in [0.15, 0.2) is 103 Å². The second-order valence-corrected chi connectivity index (χ2v) is 8.45. The third-order valence-corrected chi connectivity index (χ3v) is 6.03. The first kappa shape index (κ1) is 21.5. The number of amides is 1. The molecule has 1 amide bonds. The molecule has 2 N–H and O–H groups in total. The minimum absolute atomic E-state index is 0. The van der Waals surface area contributed by atoms with Crippen LogP contribution in [0.25, 0.3) is 33.4 Å². The van der Waals surface area contributed by atoms with E-state index in [1.807, 2.05) is 48.8 Å². The number of thioether (sulfide) groups is 1. The number of nitrogens with zero attached hydrogens (tertiary/aromatic N) is 4. The largest absolute Gasteiger partial charge is 0.325 e. The molecule has 0 saturated carbocycles. The number of carbonyl (C=O) groups is 1. The molecule has 0 aliphatic heterocycles. The van der Waals surface area contributed by atoms with E-state index < -0.39 is 0 Å². The summed E-state index contributed by atoms with van der Waals surface area (Å²) >= 11 is 1.30. The smallest absolute Gasteiger partial charge is 0.234 e. The molecule has 0 saturated heterocycles. The van der Waals surface area contributed by atoms with E-state index in [0.29, 0.717) is 5.16 Å². The Morgan fingerprint density at radius 1 is 0.824 bits per heavy atom. The van der Waals surface area contributed by atoms with E-state index in [0.717, 1.165) is 39.1 Å². The van der Waals surface area contributed by atoms with Crippen LogP contribution in [0, 0.1) is 0 Å². The van der Waals surface area contributed by atoms with Gasteiger partial charge in [-0.05, 0) is 64.7 Å². The molecule has 7 nitrogen and oxygen atoms in total. The van der Waals surface area contributed by atoms with Gasteiger partial charge in [0.2, 0.25) is 5.91 Å². The first-order valence-electron chi connectivity index (χ1n) is 10.6. The number of aromatic nitrogens is 5. The monoisotopic (exact) mass is 468 g/mol. The minimum atomic E-state index is -0.105. The van der Waals surface area contributed by atoms with Gasteiger partial charge >= 0.3 is 0 Å². The lowest BCUT2D eigenvalue weighted by atomic mass is 9.94. The van der Waals surface area contributed by atoms with Gasteiger partial charge in [0.25, 0.3) is 0 Å². The number of pyridine rings is 2. The first-order chi connectivity index (χ1) is 16.7. The fourth-order valence-corrected chi connectivity index (χ4v) is 4.11. The third kappa shape index (κ3) is 5.19. The van der Waals surface area contributed by atoms with Gasteiger partial charge in [0, 0.05) is 44.5 Å². The number of carbonyl (C=O) groups excluding carboxylic acids is 1. The van der Waals surface area contributed by atoms with Crippen LogP contribution >= 0.6 is 11.8 Å². The second-order valence-electron chi connectivity index (χ2n) is 7.49. The van der Waals surface area contributed by atoms with E-state index in [-0.39, 0.29) is 14.5 Å². The molecule has 34 heavy (non-hydrogen) atoms. The van der Waals surface area contributed by atoms with Gasteiger partial charge in [-0.3, -0.25) is 19.9 Å². The predicted molar refractivity (Wildman–Crippen MR) is 138 cm³/mol. The van der Waals surface area contributed by atoms with Crippen molar-refractivity contribution in [1.29, 1.82) is 0 Å². The van der Waals surface area contributed by atoms with Gasteiger partial charge in [-0.1, -0.05) is 36.0 Å². The zero-order valence-electron chi connectivity index (χ0n) is 18.1. The summed E-state index contributed by atoms with van der Waals surface area (Å²) in [6, 6.07) is 22.3. The van der Waals surface area contributed by atoms with Crippen molar-refractivity contribution < 1.29 is 7.65 Å². The van der Waals surface area contributed by atoms with Crippen molar-refractivity contribution >= 4 is 23.4 Å². The Labute approximate surface area is 203 Å². The van der Waals surface area contributed by atoms with Crippen molar-refractivity contribution in [3.05, 3.63) is 97.8 Å². The molecule has 0 spiro atoms. The minimum Gasteiger partial charge on any atom is -0.325 e. The highest BCUT2D eigenvalue weighted by Gasteiger charge is 2.09. The van der Waals surface area contributed by atoms with E-state index in [1.165, 1.54) is 18.1 Å². The summed E-state index contributed by atoms with van der Waals surface area (Å²) in [4.78, 5) is 24.8. The maximum atomic E-state index is 12.3. The molecule has 0 bridgehead atoms. The third-order valence-electron chi connectivity index (χ3n) is 5.16. The van der Waals surface area contributed by atoms with Gasteiger partial charge in [-0.15, -0.1) is 0 Å². The number of hydrogen-bond donors (Lipinski definition) is 2. The summed E-state index contributed by atoms with van der Waals surface area (Å²) in [6.07, 6.45) is 8.68. The Bertz CT molecular complexity index is 1330. The summed E-state index contributed by atoms with van der Waals surface area (Å²) in [7, 11) is 0. The molecule has 0 unspecified atom stereocenters. The van der Waals surface area contributed by atoms with Gasteiger partial charge in [0.15, 0.2) is 5.16 Å². The number of benzene rings is 2. The highest BCUT2D eigenvalue weighted by molar-refractivity contribution is 7.99. The number of anilines is 1. The molecule has 3 aromatic heterocycles. The van der Waals surface area contributed by atoms with Crippen molar-refractivity contribution in [1.82, 2.24) is 25.1 Å². The molecule has 0 aliphatic rings. The Hall–Kier alpha value is -4.30. The molecule has 0 aliphatic carbocycles. The van der Waals surface area contributed by atoms with Crippen LogP contribution in [-0.2, 0) is 4.79 Å². The molecule has 3 heterocycles. The van der Waals surface area contributed by atoms with Crippen LogP contribution in [-0.4, -0.2) is 36.8 Å². The van der Waals surface area contributed by atoms with Crippen LogP contribution in [0.3, 0.4) is 0 Å². The molecule has 8 heteroatoms. The Morgan fingerprint density at radius 3 is 1.97 bits per heavy atom. The van der Waals surface area contributed by atoms with E-state index >= 15 is 0 Å². The number of aromatic amines is 1. The average Bonchev–Trinajstić information content (AvgIpc) is 3.43. The Morgan fingerprint density at radius 2 is 1.44 bits per heavy atom. The number of rotatable bonds is 7. The van der Waals surface area contributed by atoms with Crippen LogP contribution in [0.2, 0.25) is 0 Å². The Balaban J connectivity index is 0.00000180. The maximum Gasteiger partial charge on any atom is 0.234 e. The topological polar surface area (TPSA) is 96.5 Å². The number of nitrogens with one attached hydrogen (secondary N) is 2. The van der Waals surface area contributed by atoms with Crippen LogP contribution in [0.4, 0.5) is 5.69 Å². The van der Waals surface area contributed by atoms with Gasteiger partial charge in [-0.2, -0.15) is 5.10 Å². The van der Waals surface area contributed by atoms with Crippen LogP contribution in [0.1, 0.15) is 2.85 Å². The summed E-state index contributed by atoms with van der Waals surface area (Å²) in [6.45, 7) is 0. The summed E-state index contributed by atoms with van der Waals surface area (Å²) in [5.74, 6) is 0.144. The SMILES string of the molecule is O=C(CSc1ncn[nH]1)Nc1ccc(-c2cc(-c3cccnc3)cc(-c3cccnc3)c2)cc1.[HH].[HH]. The standard InChI is InChI=1S/C26H20N6OS.2H2/c33-25(16-34-26-29-17-30-32-26)31-24-7-5-18(6-8-24)21-11-22(19-3-1-9-27-14-19)13-23(12-21)20-4-2-10-28-15-20;;/h1-15,17H,16H2,(H,31,33)(H,29,30,32);2*1H. The molecule has 0 fully saturated rings. The molecule has 5 aromatic rings. The fraction of sp³-hybridized carbons (Fsp3) is 0.0385. The van der Waals surface area contributed by atoms with Crippen molar-refractivity contribution in [3.8, 4) is 33.4 Å². The number of H-pyrrole nitrogens is 1. The lowest BCUT2D eigenvalue weighted by molar-refractivity contribution is -0.113. The van der Waals surface area contributed by atoms with Gasteiger partial charge in [0.05, 0.1) is 5.75 Å². The predicted octanol–water partition coefficient (Wildman–Crippen LogP) is 5.82. The molecule has 0 radical (unpaired) electrons. The van der Waals surface area contributed by atoms with Gasteiger partial charge < -0.3 is 5.32 Å². The fourth-order valence-electron chi connectivity index (χ4n) is 3.54. The van der Waals surface area contributed by atoms with Gasteiger partial charge in [0.1, 0.15) is 6.33 Å². The highest BCUT2D eigenvalue weighted by Crippen LogP contribution is 2.33. The Kier molecular flexibility index (Phi) is 6.40. The molecule has 170 valence electrons. The highest BCUT2D eigenvalue weighted by atomic mass is 32.2.